The third-order valence-electron chi connectivity index (χ3n) is 5.53. The van der Waals surface area contributed by atoms with Crippen molar-refractivity contribution < 1.29 is 4.74 Å². The molecule has 0 spiro atoms. The third kappa shape index (κ3) is 1.80. The van der Waals surface area contributed by atoms with Crippen LogP contribution in [0.2, 0.25) is 0 Å². The summed E-state index contributed by atoms with van der Waals surface area (Å²) in [6.07, 6.45) is 6.86. The Morgan fingerprint density at radius 1 is 1.16 bits per heavy atom. The largest absolute Gasteiger partial charge is 0.497 e. The molecule has 2 nitrogen and oxygen atoms in total. The topological polar surface area (TPSA) is 12.5 Å². The summed E-state index contributed by atoms with van der Waals surface area (Å²) < 4.78 is 5.44. The molecule has 0 radical (unpaired) electrons. The highest BCUT2D eigenvalue weighted by molar-refractivity contribution is 5.41. The number of benzene rings is 1. The average molecular weight is 257 g/mol. The fraction of sp³-hybridized carbons (Fsp3) is 0.647. The van der Waals surface area contributed by atoms with Gasteiger partial charge in [-0.15, -0.1) is 0 Å². The van der Waals surface area contributed by atoms with E-state index in [1.807, 2.05) is 0 Å². The number of methoxy groups -OCH3 is 1. The number of hydrogen-bond acceptors (Lipinski definition) is 2. The van der Waals surface area contributed by atoms with E-state index in [1.165, 1.54) is 45.2 Å². The maximum Gasteiger partial charge on any atom is 0.119 e. The highest BCUT2D eigenvalue weighted by atomic mass is 16.5. The Balaban J connectivity index is 1.77. The van der Waals surface area contributed by atoms with E-state index in [4.69, 9.17) is 4.74 Å². The van der Waals surface area contributed by atoms with Crippen LogP contribution < -0.4 is 4.74 Å². The van der Waals surface area contributed by atoms with Gasteiger partial charge in [0.05, 0.1) is 7.11 Å². The molecular formula is C17H23NO. The molecule has 2 heterocycles. The zero-order chi connectivity index (χ0) is 12.8. The predicted octanol–water partition coefficient (Wildman–Crippen LogP) is 3.21. The van der Waals surface area contributed by atoms with Gasteiger partial charge in [-0.1, -0.05) is 6.07 Å². The maximum atomic E-state index is 5.44. The normalized spacial score (nSPS) is 33.4. The predicted molar refractivity (Wildman–Crippen MR) is 76.8 cm³/mol. The first-order valence-corrected chi connectivity index (χ1v) is 7.77. The van der Waals surface area contributed by atoms with Crippen LogP contribution in [0.25, 0.3) is 0 Å². The summed E-state index contributed by atoms with van der Waals surface area (Å²) in [4.78, 5) is 2.78. The van der Waals surface area contributed by atoms with Crippen molar-refractivity contribution in [2.75, 3.05) is 20.2 Å². The van der Waals surface area contributed by atoms with Crippen molar-refractivity contribution in [3.8, 4) is 5.75 Å². The van der Waals surface area contributed by atoms with E-state index < -0.39 is 0 Å². The van der Waals surface area contributed by atoms with E-state index in [0.717, 1.165) is 23.6 Å². The summed E-state index contributed by atoms with van der Waals surface area (Å²) >= 11 is 0. The smallest absolute Gasteiger partial charge is 0.119 e. The minimum Gasteiger partial charge on any atom is -0.497 e. The van der Waals surface area contributed by atoms with Crippen LogP contribution in [-0.4, -0.2) is 31.1 Å². The van der Waals surface area contributed by atoms with Crippen LogP contribution in [0.5, 0.6) is 5.75 Å². The van der Waals surface area contributed by atoms with E-state index in [9.17, 15) is 0 Å². The lowest BCUT2D eigenvalue weighted by molar-refractivity contribution is 0.0349. The zero-order valence-electron chi connectivity index (χ0n) is 11.8. The molecule has 2 fully saturated rings. The number of fused-ring (bicyclic) bond motifs is 2. The molecule has 3 aliphatic rings. The van der Waals surface area contributed by atoms with Gasteiger partial charge in [0.15, 0.2) is 0 Å². The van der Waals surface area contributed by atoms with Crippen LogP contribution in [0.1, 0.15) is 42.7 Å². The fourth-order valence-electron chi connectivity index (χ4n) is 4.78. The first-order chi connectivity index (χ1) is 9.36. The molecular weight excluding hydrogens is 234 g/mol. The molecule has 1 aromatic rings. The Kier molecular flexibility index (Phi) is 2.80. The number of hydrogen-bond donors (Lipinski definition) is 0. The van der Waals surface area contributed by atoms with E-state index in [1.54, 1.807) is 18.2 Å². The second kappa shape index (κ2) is 4.52. The van der Waals surface area contributed by atoms with Crippen molar-refractivity contribution in [1.29, 1.82) is 0 Å². The molecule has 2 aliphatic heterocycles. The van der Waals surface area contributed by atoms with Crippen molar-refractivity contribution >= 4 is 0 Å². The van der Waals surface area contributed by atoms with Gasteiger partial charge in [0.25, 0.3) is 0 Å². The Hall–Kier alpha value is -1.02. The van der Waals surface area contributed by atoms with Crippen molar-refractivity contribution in [3.05, 3.63) is 29.3 Å². The van der Waals surface area contributed by atoms with Gasteiger partial charge in [-0.3, -0.25) is 4.90 Å². The Labute approximate surface area is 115 Å². The molecule has 0 aromatic heterocycles. The number of ether oxygens (including phenoxy) is 1. The first-order valence-electron chi connectivity index (χ1n) is 7.77. The fourth-order valence-corrected chi connectivity index (χ4v) is 4.78. The molecule has 19 heavy (non-hydrogen) atoms. The van der Waals surface area contributed by atoms with E-state index in [-0.39, 0.29) is 0 Å². The summed E-state index contributed by atoms with van der Waals surface area (Å²) in [5.74, 6) is 2.70. The van der Waals surface area contributed by atoms with Crippen LogP contribution in [-0.2, 0) is 6.42 Å². The number of nitrogens with zero attached hydrogens (tertiary/aromatic N) is 1. The van der Waals surface area contributed by atoms with Crippen LogP contribution in [0.4, 0.5) is 0 Å². The van der Waals surface area contributed by atoms with Gasteiger partial charge >= 0.3 is 0 Å². The lowest BCUT2D eigenvalue weighted by atomic mass is 9.66. The van der Waals surface area contributed by atoms with Crippen molar-refractivity contribution in [1.82, 2.24) is 4.90 Å². The van der Waals surface area contributed by atoms with Gasteiger partial charge in [0.1, 0.15) is 5.75 Å². The quantitative estimate of drug-likeness (QED) is 0.766. The molecule has 0 saturated carbocycles. The minimum absolute atomic E-state index is 0.762. The molecule has 1 aromatic carbocycles. The average Bonchev–Trinajstić information content (AvgIpc) is 2.47. The molecule has 0 bridgehead atoms. The Morgan fingerprint density at radius 3 is 2.84 bits per heavy atom. The summed E-state index contributed by atoms with van der Waals surface area (Å²) in [7, 11) is 1.78. The van der Waals surface area contributed by atoms with Crippen LogP contribution >= 0.6 is 0 Å². The van der Waals surface area contributed by atoms with Crippen LogP contribution in [0.3, 0.4) is 0 Å². The number of rotatable bonds is 1. The van der Waals surface area contributed by atoms with Gasteiger partial charge in [-0.05, 0) is 74.4 Å². The van der Waals surface area contributed by atoms with Crippen molar-refractivity contribution in [2.45, 2.75) is 44.1 Å². The molecule has 0 amide bonds. The maximum absolute atomic E-state index is 5.44. The lowest BCUT2D eigenvalue weighted by Crippen LogP contribution is -2.54. The molecule has 4 rings (SSSR count). The molecule has 1 aliphatic carbocycles. The highest BCUT2D eigenvalue weighted by Gasteiger charge is 2.43. The lowest BCUT2D eigenvalue weighted by Gasteiger charge is -2.52. The van der Waals surface area contributed by atoms with E-state index in [0.29, 0.717) is 0 Å². The van der Waals surface area contributed by atoms with E-state index >= 15 is 0 Å². The van der Waals surface area contributed by atoms with Crippen molar-refractivity contribution in [2.24, 2.45) is 5.92 Å². The van der Waals surface area contributed by atoms with Crippen molar-refractivity contribution in [3.63, 3.8) is 0 Å². The SMILES string of the molecule is COc1ccc2c(c1)[C@H]1CCCN3CCC[C@H](C2)[C@@H]13. The highest BCUT2D eigenvalue weighted by Crippen LogP contribution is 2.47. The number of piperidine rings is 2. The summed E-state index contributed by atoms with van der Waals surface area (Å²) in [5.41, 5.74) is 3.18. The third-order valence-corrected chi connectivity index (χ3v) is 5.53. The van der Waals surface area contributed by atoms with Gasteiger partial charge in [0.2, 0.25) is 0 Å². The van der Waals surface area contributed by atoms with Gasteiger partial charge in [-0.2, -0.15) is 0 Å². The Bertz CT molecular complexity index is 482. The summed E-state index contributed by atoms with van der Waals surface area (Å²) in [5, 5.41) is 0. The van der Waals surface area contributed by atoms with Gasteiger partial charge in [-0.25, -0.2) is 0 Å². The molecule has 0 N–H and O–H groups in total. The first kappa shape index (κ1) is 11.8. The molecule has 102 valence electrons. The van der Waals surface area contributed by atoms with Crippen LogP contribution in [0.15, 0.2) is 18.2 Å². The monoisotopic (exact) mass is 257 g/mol. The summed E-state index contributed by atoms with van der Waals surface area (Å²) in [6.45, 7) is 2.66. The minimum atomic E-state index is 0.762. The second-order valence-corrected chi connectivity index (χ2v) is 6.45. The molecule has 2 saturated heterocycles. The second-order valence-electron chi connectivity index (χ2n) is 6.45. The molecule has 0 unspecified atom stereocenters. The summed E-state index contributed by atoms with van der Waals surface area (Å²) in [6, 6.07) is 7.59. The van der Waals surface area contributed by atoms with E-state index in [2.05, 4.69) is 23.1 Å². The zero-order valence-corrected chi connectivity index (χ0v) is 11.8. The molecule has 2 heteroatoms. The van der Waals surface area contributed by atoms with Gasteiger partial charge in [0, 0.05) is 12.0 Å². The Morgan fingerprint density at radius 2 is 2.00 bits per heavy atom. The van der Waals surface area contributed by atoms with Gasteiger partial charge < -0.3 is 4.74 Å². The standard InChI is InChI=1S/C17H23NO/c1-19-14-7-6-12-10-13-4-2-8-18-9-3-5-15(17(13)18)16(12)11-14/h6-7,11,13,15,17H,2-5,8-10H2,1H3/t13-,15-,17+/m1/s1. The molecule has 3 atom stereocenters. The van der Waals surface area contributed by atoms with Crippen LogP contribution in [0, 0.1) is 5.92 Å².